The first kappa shape index (κ1) is 25.0. The highest BCUT2D eigenvalue weighted by molar-refractivity contribution is 6.03. The van der Waals surface area contributed by atoms with E-state index in [4.69, 9.17) is 18.9 Å². The molecule has 35 heavy (non-hydrogen) atoms. The van der Waals surface area contributed by atoms with E-state index in [1.54, 1.807) is 48.6 Å². The maximum absolute atomic E-state index is 12.5. The van der Waals surface area contributed by atoms with Crippen LogP contribution in [0.2, 0.25) is 0 Å². The van der Waals surface area contributed by atoms with Gasteiger partial charge < -0.3 is 34.5 Å². The third-order valence-corrected chi connectivity index (χ3v) is 5.06. The molecule has 0 aliphatic rings. The lowest BCUT2D eigenvalue weighted by Crippen LogP contribution is -2.09. The van der Waals surface area contributed by atoms with Crippen molar-refractivity contribution in [3.05, 3.63) is 71.3 Å². The fourth-order valence-electron chi connectivity index (χ4n) is 3.40. The summed E-state index contributed by atoms with van der Waals surface area (Å²) in [4.78, 5) is 12.5. The molecule has 182 valence electrons. The van der Waals surface area contributed by atoms with Gasteiger partial charge in [-0.25, -0.2) is 0 Å². The van der Waals surface area contributed by atoms with Gasteiger partial charge in [-0.05, 0) is 47.5 Å². The highest BCUT2D eigenvalue weighted by atomic mass is 16.5. The van der Waals surface area contributed by atoms with Crippen molar-refractivity contribution in [3.8, 4) is 34.5 Å². The van der Waals surface area contributed by atoms with Crippen molar-refractivity contribution in [3.63, 3.8) is 0 Å². The van der Waals surface area contributed by atoms with Crippen LogP contribution in [-0.2, 0) is 4.79 Å². The third-order valence-electron chi connectivity index (χ3n) is 5.06. The van der Waals surface area contributed by atoms with E-state index in [1.807, 2.05) is 0 Å². The molecule has 0 aromatic heterocycles. The van der Waals surface area contributed by atoms with Crippen LogP contribution in [0.1, 0.15) is 16.7 Å². The van der Waals surface area contributed by atoms with Crippen molar-refractivity contribution in [1.29, 1.82) is 0 Å². The summed E-state index contributed by atoms with van der Waals surface area (Å²) in [7, 11) is 6.00. The van der Waals surface area contributed by atoms with Gasteiger partial charge in [0.05, 0.1) is 34.1 Å². The number of para-hydroxylation sites is 1. The Morgan fingerprint density at radius 1 is 0.743 bits per heavy atom. The van der Waals surface area contributed by atoms with Crippen LogP contribution in [-0.4, -0.2) is 44.6 Å². The number of phenols is 2. The highest BCUT2D eigenvalue weighted by Gasteiger charge is 2.14. The number of methoxy groups -OCH3 is 4. The molecule has 3 aromatic carbocycles. The van der Waals surface area contributed by atoms with Gasteiger partial charge in [0.1, 0.15) is 5.75 Å². The smallest absolute Gasteiger partial charge is 0.248 e. The van der Waals surface area contributed by atoms with Gasteiger partial charge in [0, 0.05) is 11.6 Å². The minimum atomic E-state index is -0.461. The number of nitrogens with one attached hydrogen (secondary N) is 1. The number of ether oxygens (including phenoxy) is 4. The molecule has 0 aliphatic heterocycles. The van der Waals surface area contributed by atoms with E-state index in [9.17, 15) is 15.0 Å². The van der Waals surface area contributed by atoms with Gasteiger partial charge in [0.15, 0.2) is 23.0 Å². The van der Waals surface area contributed by atoms with E-state index in [-0.39, 0.29) is 22.9 Å². The van der Waals surface area contributed by atoms with E-state index < -0.39 is 5.91 Å². The molecule has 0 fully saturated rings. The van der Waals surface area contributed by atoms with Crippen LogP contribution in [0.4, 0.5) is 5.69 Å². The summed E-state index contributed by atoms with van der Waals surface area (Å²) < 4.78 is 21.4. The van der Waals surface area contributed by atoms with E-state index in [2.05, 4.69) is 5.32 Å². The summed E-state index contributed by atoms with van der Waals surface area (Å²) in [5, 5.41) is 23.0. The molecule has 3 N–H and O–H groups in total. The number of amides is 1. The molecule has 0 radical (unpaired) electrons. The second kappa shape index (κ2) is 11.5. The van der Waals surface area contributed by atoms with Crippen molar-refractivity contribution in [1.82, 2.24) is 0 Å². The van der Waals surface area contributed by atoms with Crippen LogP contribution in [0.5, 0.6) is 34.5 Å². The number of benzene rings is 3. The zero-order valence-electron chi connectivity index (χ0n) is 19.9. The number of hydrogen-bond acceptors (Lipinski definition) is 7. The average Bonchev–Trinajstić information content (AvgIpc) is 2.86. The van der Waals surface area contributed by atoms with Crippen LogP contribution in [0, 0.1) is 0 Å². The molecular weight excluding hydrogens is 450 g/mol. The number of hydrogen-bond donors (Lipinski definition) is 3. The molecule has 0 heterocycles. The Hall–Kier alpha value is -4.59. The number of carbonyl (C=O) groups is 1. The second-order valence-corrected chi connectivity index (χ2v) is 7.29. The van der Waals surface area contributed by atoms with Gasteiger partial charge in [0.25, 0.3) is 0 Å². The molecule has 3 aromatic rings. The summed E-state index contributed by atoms with van der Waals surface area (Å²) in [5.74, 6) is 1.08. The summed E-state index contributed by atoms with van der Waals surface area (Å²) in [6.45, 7) is 0. The SMILES string of the molecule is COc1cc(C=Cc2cc(O)c(OC)c(NC(=O)/C=C/c3ccccc3O)c2)cc(OC)c1OC. The number of phenolic OH excluding ortho intramolecular Hbond substituents is 2. The van der Waals surface area contributed by atoms with Gasteiger partial charge in [-0.3, -0.25) is 4.79 Å². The fraction of sp³-hybridized carbons (Fsp3) is 0.148. The van der Waals surface area contributed by atoms with Crippen molar-refractivity contribution >= 4 is 29.8 Å². The Morgan fingerprint density at radius 2 is 1.34 bits per heavy atom. The largest absolute Gasteiger partial charge is 0.507 e. The minimum Gasteiger partial charge on any atom is -0.507 e. The van der Waals surface area contributed by atoms with Gasteiger partial charge in [-0.15, -0.1) is 0 Å². The first-order chi connectivity index (χ1) is 16.9. The van der Waals surface area contributed by atoms with Crippen LogP contribution in [0.25, 0.3) is 18.2 Å². The fourth-order valence-corrected chi connectivity index (χ4v) is 3.40. The quantitative estimate of drug-likeness (QED) is 0.296. The van der Waals surface area contributed by atoms with Crippen molar-refractivity contribution < 1.29 is 34.0 Å². The molecule has 0 bridgehead atoms. The summed E-state index contributed by atoms with van der Waals surface area (Å²) in [6, 6.07) is 13.4. The molecule has 0 atom stereocenters. The lowest BCUT2D eigenvalue weighted by atomic mass is 10.1. The van der Waals surface area contributed by atoms with E-state index in [1.165, 1.54) is 52.7 Å². The van der Waals surface area contributed by atoms with Crippen molar-refractivity contribution in [2.75, 3.05) is 33.8 Å². The number of aromatic hydroxyl groups is 2. The predicted molar refractivity (Wildman–Crippen MR) is 135 cm³/mol. The van der Waals surface area contributed by atoms with Gasteiger partial charge in [-0.2, -0.15) is 0 Å². The van der Waals surface area contributed by atoms with E-state index in [0.717, 1.165) is 5.56 Å². The standard InChI is InChI=1S/C27H27NO7/c1-32-23-15-18(16-24(33-2)27(23)35-4)10-9-17-13-20(26(34-3)22(30)14-17)28-25(31)12-11-19-7-5-6-8-21(19)29/h5-16,29-30H,1-4H3,(H,28,31)/b10-9?,12-11+. The molecule has 8 nitrogen and oxygen atoms in total. The first-order valence-corrected chi connectivity index (χ1v) is 10.6. The molecule has 1 amide bonds. The maximum Gasteiger partial charge on any atom is 0.248 e. The third kappa shape index (κ3) is 6.05. The Kier molecular flexibility index (Phi) is 8.24. The average molecular weight is 478 g/mol. The highest BCUT2D eigenvalue weighted by Crippen LogP contribution is 2.39. The molecule has 0 unspecified atom stereocenters. The lowest BCUT2D eigenvalue weighted by Gasteiger charge is -2.13. The van der Waals surface area contributed by atoms with Gasteiger partial charge in [-0.1, -0.05) is 30.4 Å². The van der Waals surface area contributed by atoms with Crippen LogP contribution in [0.15, 0.2) is 54.6 Å². The molecule has 0 spiro atoms. The number of carbonyl (C=O) groups excluding carboxylic acids is 1. The molecule has 8 heteroatoms. The van der Waals surface area contributed by atoms with Crippen LogP contribution < -0.4 is 24.3 Å². The molecular formula is C27H27NO7. The Bertz CT molecular complexity index is 1240. The Morgan fingerprint density at radius 3 is 1.91 bits per heavy atom. The minimum absolute atomic E-state index is 0.0608. The summed E-state index contributed by atoms with van der Waals surface area (Å²) in [6.07, 6.45) is 6.33. The zero-order chi connectivity index (χ0) is 25.4. The first-order valence-electron chi connectivity index (χ1n) is 10.6. The monoisotopic (exact) mass is 477 g/mol. The summed E-state index contributed by atoms with van der Waals surface area (Å²) in [5.41, 5.74) is 2.16. The van der Waals surface area contributed by atoms with Crippen molar-refractivity contribution in [2.45, 2.75) is 0 Å². The maximum atomic E-state index is 12.5. The van der Waals surface area contributed by atoms with Gasteiger partial charge >= 0.3 is 0 Å². The topological polar surface area (TPSA) is 106 Å². The Labute approximate surface area is 203 Å². The van der Waals surface area contributed by atoms with Crippen LogP contribution >= 0.6 is 0 Å². The second-order valence-electron chi connectivity index (χ2n) is 7.29. The van der Waals surface area contributed by atoms with Crippen LogP contribution in [0.3, 0.4) is 0 Å². The molecule has 3 rings (SSSR count). The number of anilines is 1. The number of rotatable bonds is 9. The van der Waals surface area contributed by atoms with E-state index in [0.29, 0.717) is 28.4 Å². The zero-order valence-corrected chi connectivity index (χ0v) is 19.9. The lowest BCUT2D eigenvalue weighted by molar-refractivity contribution is -0.111. The van der Waals surface area contributed by atoms with E-state index >= 15 is 0 Å². The molecule has 0 saturated heterocycles. The summed E-state index contributed by atoms with van der Waals surface area (Å²) >= 11 is 0. The Balaban J connectivity index is 1.88. The molecule has 0 aliphatic carbocycles. The molecule has 0 saturated carbocycles. The van der Waals surface area contributed by atoms with Gasteiger partial charge in [0.2, 0.25) is 11.7 Å². The van der Waals surface area contributed by atoms with Crippen molar-refractivity contribution in [2.24, 2.45) is 0 Å². The predicted octanol–water partition coefficient (Wildman–Crippen LogP) is 4.95. The normalized spacial score (nSPS) is 11.0.